The van der Waals surface area contributed by atoms with Gasteiger partial charge in [0, 0.05) is 19.3 Å². The minimum absolute atomic E-state index is 0.212. The van der Waals surface area contributed by atoms with Crippen LogP contribution in [0.3, 0.4) is 0 Å². The third kappa shape index (κ3) is 5.90. The normalized spacial score (nSPS) is 15.8. The molecule has 0 saturated carbocycles. The van der Waals surface area contributed by atoms with Crippen molar-refractivity contribution in [2.75, 3.05) is 0 Å². The van der Waals surface area contributed by atoms with Crippen LogP contribution >= 0.6 is 0 Å². The fraction of sp³-hybridized carbons (Fsp3) is 0.833. The SMILES string of the molecule is [3H]C(=O)CC(C)C(C)CCC(=O)CCC. The first kappa shape index (κ1) is 11.4. The Balaban J connectivity index is 3.77. The second kappa shape index (κ2) is 7.72. The molecule has 2 unspecified atom stereocenters. The Morgan fingerprint density at radius 1 is 1.36 bits per heavy atom. The molecule has 2 nitrogen and oxygen atoms in total. The van der Waals surface area contributed by atoms with Crippen LogP contribution in [-0.4, -0.2) is 12.0 Å². The number of hydrogen-bond donors (Lipinski definition) is 0. The van der Waals surface area contributed by atoms with Crippen LogP contribution in [0.1, 0.15) is 54.2 Å². The summed E-state index contributed by atoms with van der Waals surface area (Å²) in [4.78, 5) is 21.9. The number of rotatable bonds is 8. The smallest absolute Gasteiger partial charge is 0.132 e. The first-order valence-electron chi connectivity index (χ1n) is 5.98. The Hall–Kier alpha value is -0.660. The average molecular weight is 200 g/mol. The fourth-order valence-electron chi connectivity index (χ4n) is 1.41. The second-order valence-electron chi connectivity index (χ2n) is 4.13. The van der Waals surface area contributed by atoms with Crippen LogP contribution in [-0.2, 0) is 9.59 Å². The summed E-state index contributed by atoms with van der Waals surface area (Å²) in [6.07, 6.45) is 2.84. The lowest BCUT2D eigenvalue weighted by Crippen LogP contribution is -2.10. The summed E-state index contributed by atoms with van der Waals surface area (Å²) in [5, 5.41) is 0. The zero-order valence-corrected chi connectivity index (χ0v) is 9.51. The molecule has 0 bridgehead atoms. The van der Waals surface area contributed by atoms with E-state index >= 15 is 0 Å². The van der Waals surface area contributed by atoms with E-state index in [1.807, 2.05) is 20.8 Å². The van der Waals surface area contributed by atoms with E-state index in [1.165, 1.54) is 0 Å². The Labute approximate surface area is 88.5 Å². The van der Waals surface area contributed by atoms with Crippen molar-refractivity contribution in [2.45, 2.75) is 52.9 Å². The van der Waals surface area contributed by atoms with Crippen molar-refractivity contribution in [1.82, 2.24) is 0 Å². The van der Waals surface area contributed by atoms with Crippen LogP contribution in [0.5, 0.6) is 0 Å². The van der Waals surface area contributed by atoms with Gasteiger partial charge in [0.05, 0.1) is 0 Å². The number of hydrogen-bond acceptors (Lipinski definition) is 2. The highest BCUT2D eigenvalue weighted by Gasteiger charge is 2.12. The average Bonchev–Trinajstić information content (AvgIpc) is 2.13. The van der Waals surface area contributed by atoms with Crippen LogP contribution in [0.25, 0.3) is 0 Å². The molecular weight excluding hydrogens is 176 g/mol. The third-order valence-electron chi connectivity index (χ3n) is 2.78. The van der Waals surface area contributed by atoms with E-state index in [0.717, 1.165) is 12.8 Å². The third-order valence-corrected chi connectivity index (χ3v) is 2.78. The van der Waals surface area contributed by atoms with Crippen molar-refractivity contribution in [2.24, 2.45) is 11.8 Å². The summed E-state index contributed by atoms with van der Waals surface area (Å²) in [7, 11) is 0. The maximum atomic E-state index is 11.3. The van der Waals surface area contributed by atoms with Crippen LogP contribution in [0, 0.1) is 11.8 Å². The van der Waals surface area contributed by atoms with Crippen molar-refractivity contribution in [3.8, 4) is 0 Å². The summed E-state index contributed by atoms with van der Waals surface area (Å²) in [5.74, 6) is 0.873. The molecule has 14 heavy (non-hydrogen) atoms. The fourth-order valence-corrected chi connectivity index (χ4v) is 1.41. The Kier molecular flexibility index (Phi) is 6.29. The Bertz CT molecular complexity index is 214. The molecule has 0 aliphatic heterocycles. The van der Waals surface area contributed by atoms with Gasteiger partial charge in [0.2, 0.25) is 0 Å². The van der Waals surface area contributed by atoms with Crippen molar-refractivity contribution in [3.63, 3.8) is 0 Å². The molecule has 0 rings (SSSR count). The molecule has 0 spiro atoms. The Morgan fingerprint density at radius 3 is 2.50 bits per heavy atom. The predicted octanol–water partition coefficient (Wildman–Crippen LogP) is 3.00. The van der Waals surface area contributed by atoms with Crippen LogP contribution in [0.15, 0.2) is 0 Å². The molecule has 0 N–H and O–H groups in total. The van der Waals surface area contributed by atoms with E-state index in [2.05, 4.69) is 0 Å². The molecule has 0 heterocycles. The first-order chi connectivity index (χ1) is 6.97. The maximum absolute atomic E-state index is 11.3. The maximum Gasteiger partial charge on any atom is 0.132 e. The summed E-state index contributed by atoms with van der Waals surface area (Å²) >= 11 is 0. The molecule has 0 amide bonds. The number of Topliss-reactive ketones (excluding diaryl/α,β-unsaturated/α-hetero) is 1. The van der Waals surface area contributed by atoms with E-state index in [9.17, 15) is 9.59 Å². The Morgan fingerprint density at radius 2 is 2.00 bits per heavy atom. The van der Waals surface area contributed by atoms with Gasteiger partial charge in [0.25, 0.3) is 0 Å². The van der Waals surface area contributed by atoms with Crippen molar-refractivity contribution in [1.29, 1.82) is 0 Å². The molecule has 0 aromatic rings. The van der Waals surface area contributed by atoms with Gasteiger partial charge in [-0.25, -0.2) is 0 Å². The lowest BCUT2D eigenvalue weighted by Gasteiger charge is -2.16. The highest BCUT2D eigenvalue weighted by Crippen LogP contribution is 2.19. The van der Waals surface area contributed by atoms with Crippen molar-refractivity contribution in [3.05, 3.63) is 0 Å². The molecule has 2 atom stereocenters. The van der Waals surface area contributed by atoms with Gasteiger partial charge in [-0.15, -0.1) is 0 Å². The standard InChI is InChI=1S/C12H22O2/c1-4-5-12(14)7-6-10(2)11(3)8-9-13/h9-11H,4-8H2,1-3H3/i9T. The second-order valence-corrected chi connectivity index (χ2v) is 4.13. The van der Waals surface area contributed by atoms with Gasteiger partial charge in [-0.1, -0.05) is 20.8 Å². The first-order valence-corrected chi connectivity index (χ1v) is 5.48. The zero-order chi connectivity index (χ0) is 11.8. The van der Waals surface area contributed by atoms with Crippen LogP contribution in [0.4, 0.5) is 0 Å². The van der Waals surface area contributed by atoms with Gasteiger partial charge >= 0.3 is 0 Å². The number of aldehydes is 1. The summed E-state index contributed by atoms with van der Waals surface area (Å²) in [6, 6.07) is 0. The number of ketones is 1. The van der Waals surface area contributed by atoms with Crippen LogP contribution < -0.4 is 0 Å². The van der Waals surface area contributed by atoms with E-state index in [1.54, 1.807) is 0 Å². The van der Waals surface area contributed by atoms with Gasteiger partial charge in [-0.2, -0.15) is 0 Å². The van der Waals surface area contributed by atoms with Crippen molar-refractivity contribution < 1.29 is 11.0 Å². The van der Waals surface area contributed by atoms with E-state index in [4.69, 9.17) is 1.37 Å². The number of carbonyl (C=O) groups excluding carboxylic acids is 2. The number of carbonyl (C=O) groups is 2. The lowest BCUT2D eigenvalue weighted by molar-refractivity contribution is -0.119. The lowest BCUT2D eigenvalue weighted by atomic mass is 9.88. The molecule has 0 saturated heterocycles. The van der Waals surface area contributed by atoms with Gasteiger partial charge in [-0.3, -0.25) is 4.79 Å². The summed E-state index contributed by atoms with van der Waals surface area (Å²) in [6.45, 7) is 6.02. The molecule has 0 fully saturated rings. The van der Waals surface area contributed by atoms with Gasteiger partial charge < -0.3 is 4.79 Å². The molecule has 0 aliphatic rings. The molecule has 0 radical (unpaired) electrons. The van der Waals surface area contributed by atoms with E-state index in [-0.39, 0.29) is 5.92 Å². The van der Waals surface area contributed by atoms with Gasteiger partial charge in [0.15, 0.2) is 0 Å². The summed E-state index contributed by atoms with van der Waals surface area (Å²) < 4.78 is 6.88. The topological polar surface area (TPSA) is 34.1 Å². The molecule has 2 heteroatoms. The largest absolute Gasteiger partial charge is 0.303 e. The van der Waals surface area contributed by atoms with E-state index < -0.39 is 6.26 Å². The predicted molar refractivity (Wildman–Crippen MR) is 58.2 cm³/mol. The van der Waals surface area contributed by atoms with Crippen LogP contribution in [0.2, 0.25) is 0 Å². The van der Waals surface area contributed by atoms with Gasteiger partial charge in [-0.05, 0) is 24.7 Å². The zero-order valence-electron chi connectivity index (χ0n) is 10.5. The molecule has 82 valence electrons. The monoisotopic (exact) mass is 200 g/mol. The molecule has 0 aromatic heterocycles. The quantitative estimate of drug-likeness (QED) is 0.564. The minimum atomic E-state index is -0.505. The van der Waals surface area contributed by atoms with Crippen molar-refractivity contribution >= 4 is 12.0 Å². The highest BCUT2D eigenvalue weighted by atomic mass is 16.1. The molecular formula is C12H22O2. The molecule has 0 aliphatic carbocycles. The van der Waals surface area contributed by atoms with E-state index in [0.29, 0.717) is 31.0 Å². The summed E-state index contributed by atoms with van der Waals surface area (Å²) in [5.41, 5.74) is 0. The molecule has 0 aromatic carbocycles. The highest BCUT2D eigenvalue weighted by molar-refractivity contribution is 5.78. The van der Waals surface area contributed by atoms with Gasteiger partial charge in [0.1, 0.15) is 13.4 Å². The minimum Gasteiger partial charge on any atom is -0.303 e.